The number of carbonyl (C=O) groups excluding carboxylic acids is 1. The number of ether oxygens (including phenoxy) is 2. The number of aromatic amines is 1. The monoisotopic (exact) mass is 402 g/mol. The van der Waals surface area contributed by atoms with Crippen molar-refractivity contribution >= 4 is 5.91 Å². The van der Waals surface area contributed by atoms with Crippen LogP contribution in [0.5, 0.6) is 5.75 Å². The number of morpholine rings is 1. The second-order valence-corrected chi connectivity index (χ2v) is 7.67. The van der Waals surface area contributed by atoms with Crippen LogP contribution in [0.4, 0.5) is 4.39 Å². The van der Waals surface area contributed by atoms with E-state index in [9.17, 15) is 9.18 Å². The molecule has 2 aliphatic heterocycles. The minimum absolute atomic E-state index is 0.0648. The van der Waals surface area contributed by atoms with Gasteiger partial charge in [0.25, 0.3) is 5.91 Å². The van der Waals surface area contributed by atoms with Crippen LogP contribution in [0.15, 0.2) is 30.3 Å². The van der Waals surface area contributed by atoms with Crippen LogP contribution in [-0.2, 0) is 11.3 Å². The van der Waals surface area contributed by atoms with Crippen LogP contribution in [0.3, 0.4) is 0 Å². The summed E-state index contributed by atoms with van der Waals surface area (Å²) >= 11 is 0. The molecule has 156 valence electrons. The topological polar surface area (TPSA) is 70.7 Å². The lowest BCUT2D eigenvalue weighted by Crippen LogP contribution is -2.46. The van der Waals surface area contributed by atoms with Gasteiger partial charge in [0.1, 0.15) is 6.61 Å². The Morgan fingerprint density at radius 2 is 2.10 bits per heavy atom. The Morgan fingerprint density at radius 1 is 1.28 bits per heavy atom. The fourth-order valence-electron chi connectivity index (χ4n) is 3.97. The summed E-state index contributed by atoms with van der Waals surface area (Å²) in [7, 11) is 0. The first-order valence-corrected chi connectivity index (χ1v) is 10.2. The lowest BCUT2D eigenvalue weighted by Gasteiger charge is -2.36. The standard InChI is InChI=1S/C21H27FN4O3/c22-18-5-1-2-6-20(18)29-15-17-12-19(24-23-17)21(27)26-7-3-4-16(14-26)13-25-8-10-28-11-9-25/h1-2,5-6,12,16H,3-4,7-11,13-15H2,(H,23,24)/t16-/m1/s1. The van der Waals surface area contributed by atoms with Crippen molar-refractivity contribution in [2.75, 3.05) is 45.9 Å². The first-order valence-electron chi connectivity index (χ1n) is 10.2. The highest BCUT2D eigenvalue weighted by Crippen LogP contribution is 2.21. The van der Waals surface area contributed by atoms with E-state index < -0.39 is 5.82 Å². The molecule has 0 bridgehead atoms. The number of halogens is 1. The average Bonchev–Trinajstić information content (AvgIpc) is 3.23. The van der Waals surface area contributed by atoms with Crippen molar-refractivity contribution in [2.24, 2.45) is 5.92 Å². The first kappa shape index (κ1) is 19.8. The maximum absolute atomic E-state index is 13.7. The van der Waals surface area contributed by atoms with E-state index in [2.05, 4.69) is 15.1 Å². The van der Waals surface area contributed by atoms with Gasteiger partial charge < -0.3 is 14.4 Å². The normalized spacial score (nSPS) is 20.6. The van der Waals surface area contributed by atoms with E-state index >= 15 is 0 Å². The Labute approximate surface area is 169 Å². The molecule has 8 heteroatoms. The number of aromatic nitrogens is 2. The minimum atomic E-state index is -0.414. The van der Waals surface area contributed by atoms with Gasteiger partial charge in [-0.3, -0.25) is 14.8 Å². The molecule has 1 aromatic heterocycles. The Bertz CT molecular complexity index is 822. The van der Waals surface area contributed by atoms with Gasteiger partial charge in [0.05, 0.1) is 18.9 Å². The van der Waals surface area contributed by atoms with Crippen LogP contribution in [-0.4, -0.2) is 71.8 Å². The zero-order chi connectivity index (χ0) is 20.1. The predicted molar refractivity (Wildman–Crippen MR) is 105 cm³/mol. The van der Waals surface area contributed by atoms with E-state index in [1.807, 2.05) is 4.90 Å². The molecule has 2 aromatic rings. The second-order valence-electron chi connectivity index (χ2n) is 7.67. The van der Waals surface area contributed by atoms with Gasteiger partial charge in [-0.2, -0.15) is 5.10 Å². The van der Waals surface area contributed by atoms with Crippen molar-refractivity contribution in [3.63, 3.8) is 0 Å². The summed E-state index contributed by atoms with van der Waals surface area (Å²) in [5.41, 5.74) is 1.02. The number of amides is 1. The maximum Gasteiger partial charge on any atom is 0.274 e. The summed E-state index contributed by atoms with van der Waals surface area (Å²) in [4.78, 5) is 17.2. The second kappa shape index (κ2) is 9.37. The number of carbonyl (C=O) groups is 1. The van der Waals surface area contributed by atoms with E-state index in [1.54, 1.807) is 24.3 Å². The molecule has 0 radical (unpaired) electrons. The van der Waals surface area contributed by atoms with Crippen molar-refractivity contribution in [3.8, 4) is 5.75 Å². The van der Waals surface area contributed by atoms with Crippen LogP contribution in [0.25, 0.3) is 0 Å². The SMILES string of the molecule is O=C(c1cc(COc2ccccc2F)[nH]n1)N1CCC[C@H](CN2CCOCC2)C1. The third kappa shape index (κ3) is 5.13. The van der Waals surface area contributed by atoms with E-state index in [-0.39, 0.29) is 18.3 Å². The van der Waals surface area contributed by atoms with Crippen LogP contribution in [0, 0.1) is 11.7 Å². The number of para-hydroxylation sites is 1. The molecule has 2 aliphatic rings. The molecule has 3 heterocycles. The third-order valence-electron chi connectivity index (χ3n) is 5.50. The zero-order valence-electron chi connectivity index (χ0n) is 16.5. The molecule has 0 spiro atoms. The van der Waals surface area contributed by atoms with Gasteiger partial charge in [0.2, 0.25) is 0 Å². The molecule has 1 atom stereocenters. The molecule has 2 saturated heterocycles. The van der Waals surface area contributed by atoms with Crippen molar-refractivity contribution in [2.45, 2.75) is 19.4 Å². The number of H-pyrrole nitrogens is 1. The molecule has 1 amide bonds. The molecule has 29 heavy (non-hydrogen) atoms. The Kier molecular flexibility index (Phi) is 6.41. The summed E-state index contributed by atoms with van der Waals surface area (Å²) < 4.78 is 24.5. The number of rotatable bonds is 6. The van der Waals surface area contributed by atoms with Crippen molar-refractivity contribution in [1.29, 1.82) is 0 Å². The number of piperidine rings is 1. The molecule has 2 fully saturated rings. The number of hydrogen-bond donors (Lipinski definition) is 1. The van der Waals surface area contributed by atoms with Gasteiger partial charge in [-0.1, -0.05) is 12.1 Å². The number of benzene rings is 1. The summed E-state index contributed by atoms with van der Waals surface area (Å²) in [5.74, 6) is 0.179. The van der Waals surface area contributed by atoms with Crippen molar-refractivity contribution in [3.05, 3.63) is 47.5 Å². The molecule has 1 N–H and O–H groups in total. The molecular weight excluding hydrogens is 375 g/mol. The van der Waals surface area contributed by atoms with Crippen LogP contribution in [0.1, 0.15) is 29.0 Å². The Morgan fingerprint density at radius 3 is 2.93 bits per heavy atom. The van der Waals surface area contributed by atoms with E-state index in [4.69, 9.17) is 9.47 Å². The summed E-state index contributed by atoms with van der Waals surface area (Å²) in [5, 5.41) is 6.98. The molecule has 0 unspecified atom stereocenters. The number of likely N-dealkylation sites (tertiary alicyclic amines) is 1. The fraction of sp³-hybridized carbons (Fsp3) is 0.524. The third-order valence-corrected chi connectivity index (χ3v) is 5.50. The fourth-order valence-corrected chi connectivity index (χ4v) is 3.97. The largest absolute Gasteiger partial charge is 0.484 e. The lowest BCUT2D eigenvalue weighted by molar-refractivity contribution is 0.0223. The first-order chi connectivity index (χ1) is 14.2. The Hall–Kier alpha value is -2.45. The predicted octanol–water partition coefficient (Wildman–Crippen LogP) is 2.31. The molecule has 7 nitrogen and oxygen atoms in total. The van der Waals surface area contributed by atoms with Gasteiger partial charge in [-0.05, 0) is 37.0 Å². The molecule has 4 rings (SSSR count). The summed E-state index contributed by atoms with van der Waals surface area (Å²) in [6.07, 6.45) is 2.15. The molecule has 0 saturated carbocycles. The van der Waals surface area contributed by atoms with Crippen LogP contribution in [0.2, 0.25) is 0 Å². The lowest BCUT2D eigenvalue weighted by atomic mass is 9.97. The zero-order valence-corrected chi connectivity index (χ0v) is 16.5. The highest BCUT2D eigenvalue weighted by Gasteiger charge is 2.27. The minimum Gasteiger partial charge on any atom is -0.484 e. The highest BCUT2D eigenvalue weighted by atomic mass is 19.1. The maximum atomic E-state index is 13.7. The average molecular weight is 402 g/mol. The highest BCUT2D eigenvalue weighted by molar-refractivity contribution is 5.92. The van der Waals surface area contributed by atoms with Gasteiger partial charge in [-0.15, -0.1) is 0 Å². The van der Waals surface area contributed by atoms with Crippen LogP contribution < -0.4 is 4.74 Å². The molecule has 1 aromatic carbocycles. The summed E-state index contributed by atoms with van der Waals surface area (Å²) in [6, 6.07) is 7.93. The smallest absolute Gasteiger partial charge is 0.274 e. The summed E-state index contributed by atoms with van der Waals surface area (Å²) in [6.45, 7) is 6.16. The van der Waals surface area contributed by atoms with Gasteiger partial charge in [0.15, 0.2) is 17.3 Å². The number of nitrogens with one attached hydrogen (secondary N) is 1. The van der Waals surface area contributed by atoms with E-state index in [1.165, 1.54) is 6.07 Å². The Balaban J connectivity index is 1.31. The molecule has 0 aliphatic carbocycles. The van der Waals surface area contributed by atoms with Gasteiger partial charge in [0, 0.05) is 32.7 Å². The van der Waals surface area contributed by atoms with E-state index in [0.29, 0.717) is 17.3 Å². The number of nitrogens with zero attached hydrogens (tertiary/aromatic N) is 3. The van der Waals surface area contributed by atoms with Gasteiger partial charge in [-0.25, -0.2) is 4.39 Å². The van der Waals surface area contributed by atoms with E-state index in [0.717, 1.165) is 58.8 Å². The van der Waals surface area contributed by atoms with Gasteiger partial charge >= 0.3 is 0 Å². The van der Waals surface area contributed by atoms with Crippen molar-refractivity contribution in [1.82, 2.24) is 20.0 Å². The molecular formula is C21H27FN4O3. The van der Waals surface area contributed by atoms with Crippen LogP contribution >= 0.6 is 0 Å². The quantitative estimate of drug-likeness (QED) is 0.803. The van der Waals surface area contributed by atoms with Crippen molar-refractivity contribution < 1.29 is 18.7 Å². The number of hydrogen-bond acceptors (Lipinski definition) is 5.